The first-order chi connectivity index (χ1) is 8.70. The fraction of sp³-hybridized carbons (Fsp3) is 0.111. The van der Waals surface area contributed by atoms with Gasteiger partial charge in [0.2, 0.25) is 5.91 Å². The van der Waals surface area contributed by atoms with Crippen LogP contribution in [0.3, 0.4) is 0 Å². The van der Waals surface area contributed by atoms with Crippen LogP contribution >= 0.6 is 23.5 Å². The first kappa shape index (κ1) is 12.6. The zero-order valence-corrected chi connectivity index (χ0v) is 10.8. The number of amidine groups is 1. The Bertz CT molecular complexity index is 596. The van der Waals surface area contributed by atoms with Crippen molar-refractivity contribution in [2.75, 3.05) is 11.1 Å². The maximum atomic E-state index is 11.7. The summed E-state index contributed by atoms with van der Waals surface area (Å²) in [4.78, 5) is 11.7. The fourth-order valence-corrected chi connectivity index (χ4v) is 2.25. The number of nitrogens with two attached hydrogens (primary N) is 2. The number of carbonyl (C=O) groups is 1. The molecule has 1 aromatic heterocycles. The lowest BCUT2D eigenvalue weighted by atomic mass is 10.2. The van der Waals surface area contributed by atoms with Crippen molar-refractivity contribution in [1.82, 2.24) is 8.75 Å². The van der Waals surface area contributed by atoms with Crippen LogP contribution in [0.2, 0.25) is 0 Å². The standard InChI is InChI=1S/C9H10N6OS2/c10-9(13-11)17-4-7(16)12-5-2-1-3-6-8(5)15-18-14-6/h1-3H,4,11H2,(H2,10,13)(H,12,16). The van der Waals surface area contributed by atoms with Crippen LogP contribution in [0.25, 0.3) is 11.0 Å². The second-order valence-electron chi connectivity index (χ2n) is 3.24. The fourth-order valence-electron chi connectivity index (χ4n) is 1.27. The first-order valence-electron chi connectivity index (χ1n) is 4.88. The molecule has 0 atom stereocenters. The predicted octanol–water partition coefficient (Wildman–Crippen LogP) is 0.551. The average Bonchev–Trinajstić information content (AvgIpc) is 2.85. The second-order valence-corrected chi connectivity index (χ2v) is 4.77. The van der Waals surface area contributed by atoms with Gasteiger partial charge in [0.15, 0.2) is 5.17 Å². The molecule has 5 N–H and O–H groups in total. The van der Waals surface area contributed by atoms with Crippen LogP contribution in [0.5, 0.6) is 0 Å². The van der Waals surface area contributed by atoms with Crippen LogP contribution in [0.15, 0.2) is 23.3 Å². The Morgan fingerprint density at radius 3 is 3.11 bits per heavy atom. The van der Waals surface area contributed by atoms with E-state index in [0.29, 0.717) is 11.2 Å². The van der Waals surface area contributed by atoms with Gasteiger partial charge in [-0.25, -0.2) is 0 Å². The molecule has 9 heteroatoms. The number of hydrazone groups is 1. The first-order valence-corrected chi connectivity index (χ1v) is 6.59. The number of carbonyl (C=O) groups excluding carboxylic acids is 1. The van der Waals surface area contributed by atoms with Gasteiger partial charge in [0.25, 0.3) is 0 Å². The third-order valence-electron chi connectivity index (χ3n) is 2.04. The van der Waals surface area contributed by atoms with Gasteiger partial charge < -0.3 is 16.9 Å². The van der Waals surface area contributed by atoms with Crippen LogP contribution in [-0.4, -0.2) is 25.6 Å². The van der Waals surface area contributed by atoms with E-state index in [1.54, 1.807) is 6.07 Å². The SMILES string of the molecule is NN=C(N)SCC(=O)Nc1cccc2nsnc12. The quantitative estimate of drug-likeness (QED) is 0.327. The molecule has 0 aliphatic carbocycles. The molecule has 2 rings (SSSR count). The molecule has 1 aromatic carbocycles. The lowest BCUT2D eigenvalue weighted by molar-refractivity contribution is -0.113. The Hall–Kier alpha value is -1.87. The van der Waals surface area contributed by atoms with Crippen LogP contribution in [0.1, 0.15) is 0 Å². The zero-order chi connectivity index (χ0) is 13.0. The number of aromatic nitrogens is 2. The molecule has 0 aliphatic heterocycles. The Balaban J connectivity index is 2.05. The van der Waals surface area contributed by atoms with Gasteiger partial charge in [-0.15, -0.1) is 0 Å². The largest absolute Gasteiger partial charge is 0.377 e. The van der Waals surface area contributed by atoms with Crippen molar-refractivity contribution in [1.29, 1.82) is 0 Å². The Morgan fingerprint density at radius 2 is 2.33 bits per heavy atom. The smallest absolute Gasteiger partial charge is 0.234 e. The van der Waals surface area contributed by atoms with Crippen molar-refractivity contribution in [2.45, 2.75) is 0 Å². The van der Waals surface area contributed by atoms with Crippen molar-refractivity contribution >= 4 is 51.3 Å². The van der Waals surface area contributed by atoms with E-state index in [4.69, 9.17) is 11.6 Å². The van der Waals surface area contributed by atoms with Gasteiger partial charge in [-0.05, 0) is 12.1 Å². The third-order valence-corrected chi connectivity index (χ3v) is 3.39. The van der Waals surface area contributed by atoms with Gasteiger partial charge in [-0.2, -0.15) is 13.8 Å². The highest BCUT2D eigenvalue weighted by Gasteiger charge is 2.09. The summed E-state index contributed by atoms with van der Waals surface area (Å²) in [5.41, 5.74) is 7.45. The summed E-state index contributed by atoms with van der Waals surface area (Å²) in [7, 11) is 0. The normalized spacial score (nSPS) is 11.7. The molecule has 0 saturated heterocycles. The maximum absolute atomic E-state index is 11.7. The number of benzene rings is 1. The molecule has 0 unspecified atom stereocenters. The Morgan fingerprint density at radius 1 is 1.50 bits per heavy atom. The maximum Gasteiger partial charge on any atom is 0.234 e. The molecule has 1 heterocycles. The van der Waals surface area contributed by atoms with Gasteiger partial charge in [0.05, 0.1) is 23.2 Å². The minimum absolute atomic E-state index is 0.139. The summed E-state index contributed by atoms with van der Waals surface area (Å²) >= 11 is 2.17. The van der Waals surface area contributed by atoms with Crippen molar-refractivity contribution in [3.05, 3.63) is 18.2 Å². The highest BCUT2D eigenvalue weighted by molar-refractivity contribution is 8.14. The van der Waals surface area contributed by atoms with E-state index in [9.17, 15) is 4.79 Å². The van der Waals surface area contributed by atoms with Crippen molar-refractivity contribution in [3.63, 3.8) is 0 Å². The molecular formula is C9H10N6OS2. The summed E-state index contributed by atoms with van der Waals surface area (Å²) in [6, 6.07) is 5.41. The highest BCUT2D eigenvalue weighted by Crippen LogP contribution is 2.21. The topological polar surface area (TPSA) is 119 Å². The van der Waals surface area contributed by atoms with E-state index in [-0.39, 0.29) is 16.8 Å². The number of anilines is 1. The summed E-state index contributed by atoms with van der Waals surface area (Å²) in [6.45, 7) is 0. The Labute approximate surface area is 111 Å². The molecule has 0 fully saturated rings. The number of hydrogen-bond acceptors (Lipinski definition) is 7. The molecular weight excluding hydrogens is 272 g/mol. The van der Waals surface area contributed by atoms with Crippen molar-refractivity contribution in [2.24, 2.45) is 16.7 Å². The molecule has 7 nitrogen and oxygen atoms in total. The van der Waals surface area contributed by atoms with Crippen LogP contribution in [0, 0.1) is 0 Å². The number of hydrogen-bond donors (Lipinski definition) is 3. The summed E-state index contributed by atoms with van der Waals surface area (Å²) < 4.78 is 8.22. The summed E-state index contributed by atoms with van der Waals surface area (Å²) in [5.74, 6) is 4.90. The number of nitrogens with one attached hydrogen (secondary N) is 1. The van der Waals surface area contributed by atoms with E-state index in [2.05, 4.69) is 19.2 Å². The zero-order valence-electron chi connectivity index (χ0n) is 9.16. The number of amides is 1. The minimum atomic E-state index is -0.202. The second kappa shape index (κ2) is 5.65. The number of thioether (sulfide) groups is 1. The monoisotopic (exact) mass is 282 g/mol. The number of fused-ring (bicyclic) bond motifs is 1. The average molecular weight is 282 g/mol. The Kier molecular flexibility index (Phi) is 3.95. The van der Waals surface area contributed by atoms with E-state index in [1.807, 2.05) is 12.1 Å². The molecule has 0 spiro atoms. The van der Waals surface area contributed by atoms with Gasteiger partial charge >= 0.3 is 0 Å². The highest BCUT2D eigenvalue weighted by atomic mass is 32.2. The summed E-state index contributed by atoms with van der Waals surface area (Å²) in [6.07, 6.45) is 0. The lowest BCUT2D eigenvalue weighted by Gasteiger charge is -2.04. The molecule has 1 amide bonds. The molecule has 94 valence electrons. The molecule has 0 saturated carbocycles. The van der Waals surface area contributed by atoms with E-state index in [1.165, 1.54) is 0 Å². The van der Waals surface area contributed by atoms with E-state index < -0.39 is 0 Å². The molecule has 0 bridgehead atoms. The molecule has 0 radical (unpaired) electrons. The molecule has 2 aromatic rings. The van der Waals surface area contributed by atoms with Gasteiger partial charge in [0, 0.05) is 0 Å². The summed E-state index contributed by atoms with van der Waals surface area (Å²) in [5, 5.41) is 6.17. The minimum Gasteiger partial charge on any atom is -0.377 e. The number of rotatable bonds is 3. The van der Waals surface area contributed by atoms with Gasteiger partial charge in [-0.3, -0.25) is 4.79 Å². The van der Waals surface area contributed by atoms with Crippen molar-refractivity contribution in [3.8, 4) is 0 Å². The third kappa shape index (κ3) is 2.87. The lowest BCUT2D eigenvalue weighted by Crippen LogP contribution is -2.18. The van der Waals surface area contributed by atoms with Crippen molar-refractivity contribution < 1.29 is 4.79 Å². The number of nitrogens with zero attached hydrogens (tertiary/aromatic N) is 3. The van der Waals surface area contributed by atoms with Gasteiger partial charge in [-0.1, -0.05) is 17.8 Å². The van der Waals surface area contributed by atoms with Crippen LogP contribution in [0.4, 0.5) is 5.69 Å². The predicted molar refractivity (Wildman–Crippen MR) is 74.3 cm³/mol. The van der Waals surface area contributed by atoms with Crippen LogP contribution < -0.4 is 16.9 Å². The van der Waals surface area contributed by atoms with Gasteiger partial charge in [0.1, 0.15) is 11.0 Å². The molecule has 18 heavy (non-hydrogen) atoms. The van der Waals surface area contributed by atoms with E-state index in [0.717, 1.165) is 29.0 Å². The van der Waals surface area contributed by atoms with Crippen LogP contribution in [-0.2, 0) is 4.79 Å². The van der Waals surface area contributed by atoms with E-state index >= 15 is 0 Å². The molecule has 0 aliphatic rings.